The summed E-state index contributed by atoms with van der Waals surface area (Å²) in [6.07, 6.45) is 12.2. The lowest BCUT2D eigenvalue weighted by Crippen LogP contribution is -2.42. The van der Waals surface area contributed by atoms with Gasteiger partial charge in [-0.2, -0.15) is 0 Å². The fourth-order valence-corrected chi connectivity index (χ4v) is 5.53. The van der Waals surface area contributed by atoms with Crippen LogP contribution in [-0.4, -0.2) is 44.8 Å². The maximum absolute atomic E-state index is 13.1. The number of benzene rings is 1. The number of aromatic amines is 1. The Kier molecular flexibility index (Phi) is 6.21. The van der Waals surface area contributed by atoms with Gasteiger partial charge in [-0.25, -0.2) is 4.98 Å². The number of carbonyl (C=O) groups excluding carboxylic acids is 1. The van der Waals surface area contributed by atoms with E-state index in [1.807, 2.05) is 41.3 Å². The number of carbonyl (C=O) groups is 1. The molecule has 0 spiro atoms. The SMILES string of the molecule is O=C(/C=C/c1ccccc1)N1CCCCC1c1nc2c(c(=O)[nH]1)CCN(C1CCCC1)C2. The van der Waals surface area contributed by atoms with Gasteiger partial charge in [0.1, 0.15) is 5.82 Å². The fourth-order valence-electron chi connectivity index (χ4n) is 5.53. The van der Waals surface area contributed by atoms with E-state index >= 15 is 0 Å². The molecule has 0 radical (unpaired) electrons. The number of hydrogen-bond acceptors (Lipinski definition) is 4. The molecule has 5 rings (SSSR count). The predicted molar refractivity (Wildman–Crippen MR) is 125 cm³/mol. The van der Waals surface area contributed by atoms with Crippen LogP contribution in [0.3, 0.4) is 0 Å². The van der Waals surface area contributed by atoms with Gasteiger partial charge in [0, 0.05) is 37.3 Å². The van der Waals surface area contributed by atoms with Crippen molar-refractivity contribution in [3.05, 3.63) is 69.4 Å². The molecular weight excluding hydrogens is 400 g/mol. The van der Waals surface area contributed by atoms with Gasteiger partial charge in [-0.15, -0.1) is 0 Å². The highest BCUT2D eigenvalue weighted by Crippen LogP contribution is 2.31. The molecule has 1 saturated carbocycles. The molecule has 3 aliphatic rings. The topological polar surface area (TPSA) is 69.3 Å². The molecule has 1 aromatic carbocycles. The molecule has 1 atom stereocenters. The Morgan fingerprint density at radius 3 is 2.62 bits per heavy atom. The molecule has 1 N–H and O–H groups in total. The zero-order chi connectivity index (χ0) is 21.9. The Bertz CT molecular complexity index is 1040. The number of rotatable bonds is 4. The van der Waals surface area contributed by atoms with E-state index < -0.39 is 0 Å². The molecule has 1 saturated heterocycles. The van der Waals surface area contributed by atoms with Gasteiger partial charge in [0.25, 0.3) is 5.56 Å². The zero-order valence-corrected chi connectivity index (χ0v) is 18.6. The van der Waals surface area contributed by atoms with E-state index in [-0.39, 0.29) is 17.5 Å². The largest absolute Gasteiger partial charge is 0.329 e. The summed E-state index contributed by atoms with van der Waals surface area (Å²) in [5.41, 5.74) is 2.73. The van der Waals surface area contributed by atoms with E-state index in [2.05, 4.69) is 9.88 Å². The maximum atomic E-state index is 13.1. The van der Waals surface area contributed by atoms with Gasteiger partial charge in [0.15, 0.2) is 0 Å². The van der Waals surface area contributed by atoms with Gasteiger partial charge < -0.3 is 9.88 Å². The van der Waals surface area contributed by atoms with E-state index in [0.717, 1.165) is 55.6 Å². The van der Waals surface area contributed by atoms with Crippen LogP contribution in [0.5, 0.6) is 0 Å². The first kappa shape index (κ1) is 21.1. The second kappa shape index (κ2) is 9.41. The smallest absolute Gasteiger partial charge is 0.254 e. The third-order valence-electron chi connectivity index (χ3n) is 7.28. The van der Waals surface area contributed by atoms with Crippen molar-refractivity contribution in [1.29, 1.82) is 0 Å². The van der Waals surface area contributed by atoms with E-state index in [9.17, 15) is 9.59 Å². The molecule has 1 aliphatic carbocycles. The number of H-pyrrole nitrogens is 1. The molecule has 1 unspecified atom stereocenters. The minimum absolute atomic E-state index is 0.0196. The van der Waals surface area contributed by atoms with Crippen LogP contribution in [0.25, 0.3) is 6.08 Å². The predicted octanol–water partition coefficient (Wildman–Crippen LogP) is 3.84. The summed E-state index contributed by atoms with van der Waals surface area (Å²) in [4.78, 5) is 38.4. The molecule has 3 heterocycles. The van der Waals surface area contributed by atoms with Gasteiger partial charge >= 0.3 is 0 Å². The van der Waals surface area contributed by atoms with Gasteiger partial charge in [-0.1, -0.05) is 43.2 Å². The fraction of sp³-hybridized carbons (Fsp3) is 0.500. The first-order valence-electron chi connectivity index (χ1n) is 12.1. The number of nitrogens with zero attached hydrogens (tertiary/aromatic N) is 3. The van der Waals surface area contributed by atoms with E-state index in [1.54, 1.807) is 6.08 Å². The highest BCUT2D eigenvalue weighted by atomic mass is 16.2. The van der Waals surface area contributed by atoms with Crippen LogP contribution in [0.4, 0.5) is 0 Å². The molecule has 168 valence electrons. The molecule has 6 heteroatoms. The van der Waals surface area contributed by atoms with Crippen molar-refractivity contribution in [3.63, 3.8) is 0 Å². The standard InChI is InChI=1S/C26H32N4O2/c31-24(14-13-19-8-2-1-3-9-19)30-16-7-6-12-23(30)25-27-22-18-29(20-10-4-5-11-20)17-15-21(22)26(32)28-25/h1-3,8-9,13-14,20,23H,4-7,10-12,15-18H2,(H,27,28,32)/b14-13+. The van der Waals surface area contributed by atoms with Gasteiger partial charge in [0.05, 0.1) is 11.7 Å². The van der Waals surface area contributed by atoms with E-state index in [1.165, 1.54) is 25.7 Å². The van der Waals surface area contributed by atoms with Gasteiger partial charge in [0.2, 0.25) is 5.91 Å². The van der Waals surface area contributed by atoms with Crippen LogP contribution < -0.4 is 5.56 Å². The van der Waals surface area contributed by atoms with E-state index in [4.69, 9.17) is 4.98 Å². The molecule has 2 aliphatic heterocycles. The summed E-state index contributed by atoms with van der Waals surface area (Å²) in [5.74, 6) is 0.634. The van der Waals surface area contributed by atoms with Crippen LogP contribution >= 0.6 is 0 Å². The Morgan fingerprint density at radius 2 is 1.81 bits per heavy atom. The molecule has 32 heavy (non-hydrogen) atoms. The maximum Gasteiger partial charge on any atom is 0.254 e. The summed E-state index contributed by atoms with van der Waals surface area (Å²) in [6.45, 7) is 2.39. The summed E-state index contributed by atoms with van der Waals surface area (Å²) < 4.78 is 0. The number of nitrogens with one attached hydrogen (secondary N) is 1. The highest BCUT2D eigenvalue weighted by molar-refractivity contribution is 5.92. The molecule has 2 fully saturated rings. The van der Waals surface area contributed by atoms with Crippen molar-refractivity contribution in [2.45, 2.75) is 70.0 Å². The van der Waals surface area contributed by atoms with E-state index in [0.29, 0.717) is 18.4 Å². The van der Waals surface area contributed by atoms with Crippen LogP contribution in [-0.2, 0) is 17.8 Å². The molecule has 1 amide bonds. The summed E-state index contributed by atoms with van der Waals surface area (Å²) >= 11 is 0. The number of amides is 1. The Balaban J connectivity index is 1.38. The quantitative estimate of drug-likeness (QED) is 0.746. The first-order chi connectivity index (χ1) is 15.7. The number of aromatic nitrogens is 2. The lowest BCUT2D eigenvalue weighted by molar-refractivity contribution is -0.129. The second-order valence-corrected chi connectivity index (χ2v) is 9.32. The Labute approximate surface area is 189 Å². The average molecular weight is 433 g/mol. The van der Waals surface area contributed by atoms with Crippen LogP contribution in [0.2, 0.25) is 0 Å². The van der Waals surface area contributed by atoms with Crippen molar-refractivity contribution in [3.8, 4) is 0 Å². The van der Waals surface area contributed by atoms with Gasteiger partial charge in [-0.3, -0.25) is 14.5 Å². The van der Waals surface area contributed by atoms with Gasteiger partial charge in [-0.05, 0) is 50.2 Å². The van der Waals surface area contributed by atoms with Crippen LogP contribution in [0, 0.1) is 0 Å². The second-order valence-electron chi connectivity index (χ2n) is 9.32. The highest BCUT2D eigenvalue weighted by Gasteiger charge is 2.32. The lowest BCUT2D eigenvalue weighted by atomic mass is 9.99. The Morgan fingerprint density at radius 1 is 1.03 bits per heavy atom. The molecule has 0 bridgehead atoms. The van der Waals surface area contributed by atoms with Crippen molar-refractivity contribution >= 4 is 12.0 Å². The van der Waals surface area contributed by atoms with Crippen molar-refractivity contribution in [2.24, 2.45) is 0 Å². The summed E-state index contributed by atoms with van der Waals surface area (Å²) in [6, 6.07) is 10.3. The number of piperidine rings is 1. The number of likely N-dealkylation sites (tertiary alicyclic amines) is 1. The molecule has 1 aromatic heterocycles. The molecular formula is C26H32N4O2. The first-order valence-corrected chi connectivity index (χ1v) is 12.1. The van der Waals surface area contributed by atoms with Crippen molar-refractivity contribution in [1.82, 2.24) is 19.8 Å². The third kappa shape index (κ3) is 4.42. The number of hydrogen-bond donors (Lipinski definition) is 1. The third-order valence-corrected chi connectivity index (χ3v) is 7.28. The Hall–Kier alpha value is -2.73. The molecule has 2 aromatic rings. The minimum Gasteiger partial charge on any atom is -0.329 e. The minimum atomic E-state index is -0.170. The lowest BCUT2D eigenvalue weighted by Gasteiger charge is -2.36. The molecule has 6 nitrogen and oxygen atoms in total. The average Bonchev–Trinajstić information content (AvgIpc) is 3.38. The monoisotopic (exact) mass is 432 g/mol. The summed E-state index contributed by atoms with van der Waals surface area (Å²) in [5, 5.41) is 0. The van der Waals surface area contributed by atoms with Crippen molar-refractivity contribution in [2.75, 3.05) is 13.1 Å². The number of fused-ring (bicyclic) bond motifs is 1. The van der Waals surface area contributed by atoms with Crippen LogP contribution in [0.15, 0.2) is 41.2 Å². The van der Waals surface area contributed by atoms with Crippen LogP contribution in [0.1, 0.15) is 73.6 Å². The summed E-state index contributed by atoms with van der Waals surface area (Å²) in [7, 11) is 0. The van der Waals surface area contributed by atoms with Crippen molar-refractivity contribution < 1.29 is 4.79 Å². The normalized spacial score (nSPS) is 22.4. The zero-order valence-electron chi connectivity index (χ0n) is 18.6.